The van der Waals surface area contributed by atoms with E-state index in [0.29, 0.717) is 24.9 Å². The van der Waals surface area contributed by atoms with Gasteiger partial charge in [-0.15, -0.1) is 0 Å². The Hall–Kier alpha value is -1.98. The number of halogens is 1. The Balaban J connectivity index is 2.25. The summed E-state index contributed by atoms with van der Waals surface area (Å²) in [6, 6.07) is 1.36. The maximum absolute atomic E-state index is 13.2. The fraction of sp³-hybridized carbons (Fsp3) is 0.533. The second kappa shape index (κ2) is 6.20. The highest BCUT2D eigenvalue weighted by Gasteiger charge is 2.41. The van der Waals surface area contributed by atoms with E-state index in [9.17, 15) is 14.0 Å². The summed E-state index contributed by atoms with van der Waals surface area (Å²) in [5, 5.41) is 2.85. The first kappa shape index (κ1) is 15.4. The summed E-state index contributed by atoms with van der Waals surface area (Å²) in [7, 11) is 0. The first-order chi connectivity index (χ1) is 10.0. The van der Waals surface area contributed by atoms with Gasteiger partial charge < -0.3 is 10.2 Å². The van der Waals surface area contributed by atoms with Crippen LogP contribution in [0.2, 0.25) is 0 Å². The summed E-state index contributed by atoms with van der Waals surface area (Å²) < 4.78 is 13.2. The van der Waals surface area contributed by atoms with Crippen molar-refractivity contribution in [2.45, 2.75) is 45.2 Å². The molecule has 0 saturated carbocycles. The molecule has 0 spiro atoms. The van der Waals surface area contributed by atoms with Gasteiger partial charge in [0, 0.05) is 25.7 Å². The number of amides is 2. The van der Waals surface area contributed by atoms with Gasteiger partial charge in [0.2, 0.25) is 11.8 Å². The van der Waals surface area contributed by atoms with Crippen molar-refractivity contribution in [2.24, 2.45) is 0 Å². The molecule has 6 heteroatoms. The summed E-state index contributed by atoms with van der Waals surface area (Å²) in [6.07, 6.45) is 3.99. The van der Waals surface area contributed by atoms with E-state index >= 15 is 0 Å². The summed E-state index contributed by atoms with van der Waals surface area (Å²) in [5.74, 6) is -0.657. The van der Waals surface area contributed by atoms with Gasteiger partial charge in [-0.1, -0.05) is 13.8 Å². The number of hydrogen-bond donors (Lipinski definition) is 1. The molecule has 1 aromatic rings. The number of carbonyl (C=O) groups is 2. The van der Waals surface area contributed by atoms with Crippen molar-refractivity contribution in [3.63, 3.8) is 0 Å². The Labute approximate surface area is 123 Å². The molecular formula is C15H20FN3O2. The van der Waals surface area contributed by atoms with Gasteiger partial charge in [0.05, 0.1) is 6.20 Å². The van der Waals surface area contributed by atoms with Crippen LogP contribution in [-0.2, 0) is 16.1 Å². The monoisotopic (exact) mass is 293 g/mol. The molecule has 1 N–H and O–H groups in total. The minimum Gasteiger partial charge on any atom is -0.342 e. The number of aromatic nitrogens is 1. The SMILES string of the molecule is CCC1(CC)NC(=O)CCN(Cc2cncc(F)c2)C1=O. The van der Waals surface area contributed by atoms with Gasteiger partial charge in [-0.05, 0) is 24.5 Å². The zero-order valence-corrected chi connectivity index (χ0v) is 12.4. The quantitative estimate of drug-likeness (QED) is 0.917. The van der Waals surface area contributed by atoms with Crippen molar-refractivity contribution >= 4 is 11.8 Å². The Morgan fingerprint density at radius 1 is 1.33 bits per heavy atom. The first-order valence-electron chi connectivity index (χ1n) is 7.20. The van der Waals surface area contributed by atoms with Crippen LogP contribution < -0.4 is 5.32 Å². The fourth-order valence-corrected chi connectivity index (χ4v) is 2.67. The van der Waals surface area contributed by atoms with Crippen LogP contribution in [0.5, 0.6) is 0 Å². The molecular weight excluding hydrogens is 273 g/mol. The van der Waals surface area contributed by atoms with Gasteiger partial charge in [-0.25, -0.2) is 4.39 Å². The van der Waals surface area contributed by atoms with Crippen LogP contribution in [0.3, 0.4) is 0 Å². The molecule has 1 fully saturated rings. The number of pyridine rings is 1. The Kier molecular flexibility index (Phi) is 4.55. The van der Waals surface area contributed by atoms with Gasteiger partial charge in [0.15, 0.2) is 0 Å². The van der Waals surface area contributed by atoms with E-state index in [0.717, 1.165) is 6.20 Å². The number of rotatable bonds is 4. The van der Waals surface area contributed by atoms with Crippen molar-refractivity contribution in [1.82, 2.24) is 15.2 Å². The molecule has 21 heavy (non-hydrogen) atoms. The molecule has 0 atom stereocenters. The van der Waals surface area contributed by atoms with Crippen molar-refractivity contribution in [2.75, 3.05) is 6.54 Å². The summed E-state index contributed by atoms with van der Waals surface area (Å²) in [6.45, 7) is 4.37. The Bertz CT molecular complexity index is 543. The molecule has 1 aliphatic rings. The second-order valence-corrected chi connectivity index (χ2v) is 5.33. The van der Waals surface area contributed by atoms with Crippen LogP contribution >= 0.6 is 0 Å². The zero-order chi connectivity index (χ0) is 15.5. The molecule has 1 aromatic heterocycles. The summed E-state index contributed by atoms with van der Waals surface area (Å²) in [5.41, 5.74) is -0.229. The smallest absolute Gasteiger partial charge is 0.248 e. The lowest BCUT2D eigenvalue weighted by Gasteiger charge is -2.33. The largest absolute Gasteiger partial charge is 0.342 e. The molecule has 0 unspecified atom stereocenters. The molecule has 5 nitrogen and oxygen atoms in total. The highest BCUT2D eigenvalue weighted by atomic mass is 19.1. The molecule has 1 saturated heterocycles. The predicted molar refractivity (Wildman–Crippen MR) is 75.7 cm³/mol. The number of hydrogen-bond acceptors (Lipinski definition) is 3. The van der Waals surface area contributed by atoms with Crippen LogP contribution in [0, 0.1) is 5.82 Å². The molecule has 0 bridgehead atoms. The van der Waals surface area contributed by atoms with E-state index < -0.39 is 11.4 Å². The lowest BCUT2D eigenvalue weighted by atomic mass is 9.91. The zero-order valence-electron chi connectivity index (χ0n) is 12.4. The molecule has 2 heterocycles. The average molecular weight is 293 g/mol. The standard InChI is InChI=1S/C15H20FN3O2/c1-3-15(4-2)14(21)19(6-5-13(20)18-15)10-11-7-12(16)9-17-8-11/h7-9H,3-6,10H2,1-2H3,(H,18,20). The van der Waals surface area contributed by atoms with Crippen LogP contribution in [0.4, 0.5) is 4.39 Å². The van der Waals surface area contributed by atoms with E-state index in [1.165, 1.54) is 12.3 Å². The van der Waals surface area contributed by atoms with Crippen LogP contribution in [0.25, 0.3) is 0 Å². The highest BCUT2D eigenvalue weighted by Crippen LogP contribution is 2.23. The maximum atomic E-state index is 13.2. The molecule has 114 valence electrons. The van der Waals surface area contributed by atoms with Gasteiger partial charge in [0.25, 0.3) is 0 Å². The van der Waals surface area contributed by atoms with E-state index in [2.05, 4.69) is 10.3 Å². The van der Waals surface area contributed by atoms with Gasteiger partial charge in [0.1, 0.15) is 11.4 Å². The molecule has 2 rings (SSSR count). The lowest BCUT2D eigenvalue weighted by Crippen LogP contribution is -2.56. The Morgan fingerprint density at radius 3 is 2.67 bits per heavy atom. The third-order valence-electron chi connectivity index (χ3n) is 4.03. The van der Waals surface area contributed by atoms with Gasteiger partial charge in [-0.2, -0.15) is 0 Å². The average Bonchev–Trinajstić information content (AvgIpc) is 2.59. The topological polar surface area (TPSA) is 62.3 Å². The predicted octanol–water partition coefficient (Wildman–Crippen LogP) is 1.63. The third-order valence-corrected chi connectivity index (χ3v) is 4.03. The molecule has 2 amide bonds. The normalized spacial score (nSPS) is 18.3. The number of carbonyl (C=O) groups excluding carboxylic acids is 2. The van der Waals surface area contributed by atoms with Crippen LogP contribution in [-0.4, -0.2) is 33.8 Å². The van der Waals surface area contributed by atoms with E-state index in [-0.39, 0.29) is 24.8 Å². The summed E-state index contributed by atoms with van der Waals surface area (Å²) >= 11 is 0. The summed E-state index contributed by atoms with van der Waals surface area (Å²) in [4.78, 5) is 30.0. The van der Waals surface area contributed by atoms with E-state index in [1.807, 2.05) is 13.8 Å². The van der Waals surface area contributed by atoms with Gasteiger partial charge >= 0.3 is 0 Å². The lowest BCUT2D eigenvalue weighted by molar-refractivity contribution is -0.139. The molecule has 0 aliphatic carbocycles. The molecule has 1 aliphatic heterocycles. The van der Waals surface area contributed by atoms with Crippen molar-refractivity contribution < 1.29 is 14.0 Å². The molecule has 0 aromatic carbocycles. The number of nitrogens with zero attached hydrogens (tertiary/aromatic N) is 2. The van der Waals surface area contributed by atoms with Crippen LogP contribution in [0.15, 0.2) is 18.5 Å². The highest BCUT2D eigenvalue weighted by molar-refractivity contribution is 5.93. The number of nitrogens with one attached hydrogen (secondary N) is 1. The van der Waals surface area contributed by atoms with E-state index in [1.54, 1.807) is 4.90 Å². The maximum Gasteiger partial charge on any atom is 0.248 e. The minimum absolute atomic E-state index is 0.109. The van der Waals surface area contributed by atoms with Gasteiger partial charge in [-0.3, -0.25) is 14.6 Å². The van der Waals surface area contributed by atoms with Crippen molar-refractivity contribution in [3.8, 4) is 0 Å². The van der Waals surface area contributed by atoms with Crippen molar-refractivity contribution in [3.05, 3.63) is 29.8 Å². The fourth-order valence-electron chi connectivity index (χ4n) is 2.67. The van der Waals surface area contributed by atoms with Crippen LogP contribution in [0.1, 0.15) is 38.7 Å². The second-order valence-electron chi connectivity index (χ2n) is 5.33. The molecule has 0 radical (unpaired) electrons. The minimum atomic E-state index is -0.853. The Morgan fingerprint density at radius 2 is 2.05 bits per heavy atom. The first-order valence-corrected chi connectivity index (χ1v) is 7.20. The van der Waals surface area contributed by atoms with E-state index in [4.69, 9.17) is 0 Å². The third kappa shape index (κ3) is 3.20. The van der Waals surface area contributed by atoms with Crippen molar-refractivity contribution in [1.29, 1.82) is 0 Å².